The second-order valence-electron chi connectivity index (χ2n) is 11.3. The van der Waals surface area contributed by atoms with E-state index in [0.29, 0.717) is 19.6 Å². The molecule has 2 aromatic rings. The fourth-order valence-electron chi connectivity index (χ4n) is 6.16. The maximum absolute atomic E-state index is 12.9. The maximum atomic E-state index is 12.9. The largest absolute Gasteiger partial charge is 0.444 e. The average molecular weight is 540 g/mol. The zero-order chi connectivity index (χ0) is 26.4. The summed E-state index contributed by atoms with van der Waals surface area (Å²) in [6.45, 7) is 7.27. The summed E-state index contributed by atoms with van der Waals surface area (Å²) in [6, 6.07) is 8.33. The molecule has 2 heterocycles. The molecule has 9 heteroatoms. The number of hydrogen-bond donors (Lipinski definition) is 0. The van der Waals surface area contributed by atoms with Crippen LogP contribution in [0.3, 0.4) is 0 Å². The lowest BCUT2D eigenvalue weighted by Crippen LogP contribution is -2.56. The van der Waals surface area contributed by atoms with Crippen LogP contribution in [0.4, 0.5) is 10.6 Å². The molecule has 2 atom stereocenters. The van der Waals surface area contributed by atoms with E-state index in [1.54, 1.807) is 16.7 Å². The zero-order valence-corrected chi connectivity index (χ0v) is 23.6. The lowest BCUT2D eigenvalue weighted by Gasteiger charge is -2.43. The number of hydrogen-bond acceptors (Lipinski definition) is 7. The van der Waals surface area contributed by atoms with Gasteiger partial charge in [-0.1, -0.05) is 35.5 Å². The Morgan fingerprint density at radius 3 is 2.70 bits per heavy atom. The Labute approximate surface area is 228 Å². The molecule has 1 unspecified atom stereocenters. The van der Waals surface area contributed by atoms with Crippen molar-refractivity contribution in [1.82, 2.24) is 14.9 Å². The second-order valence-corrected chi connectivity index (χ2v) is 12.5. The van der Waals surface area contributed by atoms with Gasteiger partial charge in [0.2, 0.25) is 0 Å². The number of carbonyl (C=O) groups excluding carboxylic acids is 1. The molecule has 7 nitrogen and oxygen atoms in total. The van der Waals surface area contributed by atoms with Gasteiger partial charge in [-0.25, -0.2) is 14.8 Å². The van der Waals surface area contributed by atoms with Crippen molar-refractivity contribution >= 4 is 35.3 Å². The van der Waals surface area contributed by atoms with Gasteiger partial charge in [0.25, 0.3) is 0 Å². The molecule has 0 radical (unpaired) electrons. The minimum atomic E-state index is -0.580. The molecule has 1 aromatic carbocycles. The van der Waals surface area contributed by atoms with E-state index in [0.717, 1.165) is 53.8 Å². The Kier molecular flexibility index (Phi) is 7.06. The van der Waals surface area contributed by atoms with E-state index in [9.17, 15) is 10.1 Å². The van der Waals surface area contributed by atoms with Gasteiger partial charge < -0.3 is 14.5 Å². The molecule has 3 aliphatic rings. The highest BCUT2D eigenvalue weighted by atomic mass is 35.5. The van der Waals surface area contributed by atoms with E-state index in [4.69, 9.17) is 26.3 Å². The second kappa shape index (κ2) is 9.99. The Morgan fingerprint density at radius 2 is 2.00 bits per heavy atom. The van der Waals surface area contributed by atoms with Crippen LogP contribution in [0.1, 0.15) is 62.4 Å². The number of carbonyl (C=O) groups is 1. The molecule has 2 aliphatic carbocycles. The number of thioether (sulfide) groups is 1. The summed E-state index contributed by atoms with van der Waals surface area (Å²) < 4.78 is 5.63. The van der Waals surface area contributed by atoms with Crippen LogP contribution in [-0.2, 0) is 29.4 Å². The van der Waals surface area contributed by atoms with E-state index in [1.165, 1.54) is 16.7 Å². The van der Waals surface area contributed by atoms with Gasteiger partial charge in [0, 0.05) is 35.6 Å². The van der Waals surface area contributed by atoms with Crippen LogP contribution in [-0.4, -0.2) is 58.5 Å². The number of benzene rings is 1. The first-order chi connectivity index (χ1) is 17.6. The molecule has 196 valence electrons. The number of rotatable bonds is 3. The summed E-state index contributed by atoms with van der Waals surface area (Å²) in [6.07, 6.45) is 6.84. The molecule has 37 heavy (non-hydrogen) atoms. The normalized spacial score (nSPS) is 23.0. The first-order valence-electron chi connectivity index (χ1n) is 13.0. The number of nitriles is 1. The summed E-state index contributed by atoms with van der Waals surface area (Å²) in [5.74, 6) is 0.959. The predicted octanol–water partition coefficient (Wildman–Crippen LogP) is 5.56. The number of halogens is 1. The Morgan fingerprint density at radius 1 is 1.24 bits per heavy atom. The number of aromatic nitrogens is 2. The molecular formula is C28H34ClN5O2S. The highest BCUT2D eigenvalue weighted by Crippen LogP contribution is 2.50. The molecule has 1 aromatic heterocycles. The standard InChI is InChI=1S/C28H34ClN5O2S/c1-27(2,3)36-26(35)34-15-14-33(17-18(34)10-13-30)24-20-9-12-28(16-23(20)31-25(32-24)37-4)11-8-19-21(28)6-5-7-22(19)29/h5-7,18H,8-12,14-17H2,1-4H3/t18-,28?/m0/s1. The lowest BCUT2D eigenvalue weighted by molar-refractivity contribution is 0.0144. The topological polar surface area (TPSA) is 82.4 Å². The monoisotopic (exact) mass is 539 g/mol. The number of fused-ring (bicyclic) bond motifs is 3. The molecule has 1 fully saturated rings. The summed E-state index contributed by atoms with van der Waals surface area (Å²) in [4.78, 5) is 26.8. The van der Waals surface area contributed by atoms with Crippen molar-refractivity contribution in [3.63, 3.8) is 0 Å². The molecule has 1 spiro atoms. The van der Waals surface area contributed by atoms with Gasteiger partial charge in [-0.3, -0.25) is 0 Å². The van der Waals surface area contributed by atoms with Crippen LogP contribution in [0, 0.1) is 11.3 Å². The van der Waals surface area contributed by atoms with E-state index in [-0.39, 0.29) is 24.0 Å². The number of ether oxygens (including phenoxy) is 1. The number of piperazine rings is 1. The fraction of sp³-hybridized carbons (Fsp3) is 0.571. The van der Waals surface area contributed by atoms with Crippen molar-refractivity contribution in [2.75, 3.05) is 30.8 Å². The maximum Gasteiger partial charge on any atom is 0.410 e. The van der Waals surface area contributed by atoms with Crippen molar-refractivity contribution in [2.45, 2.75) is 81.5 Å². The molecule has 5 rings (SSSR count). The van der Waals surface area contributed by atoms with Crippen molar-refractivity contribution in [3.8, 4) is 6.07 Å². The molecular weight excluding hydrogens is 506 g/mol. The fourth-order valence-corrected chi connectivity index (χ4v) is 6.81. The number of amides is 1. The molecule has 1 amide bonds. The molecule has 1 aliphatic heterocycles. The van der Waals surface area contributed by atoms with Gasteiger partial charge in [-0.2, -0.15) is 5.26 Å². The van der Waals surface area contributed by atoms with Gasteiger partial charge in [0.15, 0.2) is 5.16 Å². The van der Waals surface area contributed by atoms with Gasteiger partial charge >= 0.3 is 6.09 Å². The van der Waals surface area contributed by atoms with Gasteiger partial charge in [0.1, 0.15) is 11.4 Å². The smallest absolute Gasteiger partial charge is 0.410 e. The SMILES string of the molecule is CSc1nc2c(c(N3CCN(C(=O)OC(C)(C)C)[C@@H](CC#N)C3)n1)CCC1(CCc3c(Cl)cccc31)C2. The number of anilines is 1. The average Bonchev–Trinajstić information content (AvgIpc) is 3.21. The summed E-state index contributed by atoms with van der Waals surface area (Å²) >= 11 is 8.11. The summed E-state index contributed by atoms with van der Waals surface area (Å²) in [7, 11) is 0. The first kappa shape index (κ1) is 26.1. The summed E-state index contributed by atoms with van der Waals surface area (Å²) in [5.41, 5.74) is 4.51. The third-order valence-corrected chi connectivity index (χ3v) is 8.78. The van der Waals surface area contributed by atoms with E-state index in [1.807, 2.05) is 33.1 Å². The predicted molar refractivity (Wildman–Crippen MR) is 146 cm³/mol. The molecule has 0 N–H and O–H groups in total. The van der Waals surface area contributed by atoms with Crippen LogP contribution < -0.4 is 4.90 Å². The molecule has 0 bridgehead atoms. The third kappa shape index (κ3) is 5.00. The van der Waals surface area contributed by atoms with Crippen LogP contribution >= 0.6 is 23.4 Å². The van der Waals surface area contributed by atoms with Gasteiger partial charge in [-0.15, -0.1) is 0 Å². The molecule has 1 saturated heterocycles. The van der Waals surface area contributed by atoms with Crippen LogP contribution in [0.5, 0.6) is 0 Å². The summed E-state index contributed by atoms with van der Waals surface area (Å²) in [5, 5.41) is 11.2. The van der Waals surface area contributed by atoms with E-state index < -0.39 is 5.60 Å². The van der Waals surface area contributed by atoms with E-state index >= 15 is 0 Å². The highest BCUT2D eigenvalue weighted by molar-refractivity contribution is 7.98. The quantitative estimate of drug-likeness (QED) is 0.373. The number of nitrogens with zero attached hydrogens (tertiary/aromatic N) is 5. The Bertz CT molecular complexity index is 1260. The van der Waals surface area contributed by atoms with Crippen molar-refractivity contribution in [2.24, 2.45) is 0 Å². The minimum absolute atomic E-state index is 0.0767. The van der Waals surface area contributed by atoms with Crippen molar-refractivity contribution in [1.29, 1.82) is 5.26 Å². The van der Waals surface area contributed by atoms with Crippen LogP contribution in [0.25, 0.3) is 0 Å². The Hall–Kier alpha value is -2.50. The van der Waals surface area contributed by atoms with E-state index in [2.05, 4.69) is 23.1 Å². The minimum Gasteiger partial charge on any atom is -0.444 e. The van der Waals surface area contributed by atoms with Crippen molar-refractivity contribution in [3.05, 3.63) is 45.6 Å². The lowest BCUT2D eigenvalue weighted by atomic mass is 9.69. The van der Waals surface area contributed by atoms with Gasteiger partial charge in [-0.05, 0) is 76.3 Å². The zero-order valence-electron chi connectivity index (χ0n) is 22.0. The highest BCUT2D eigenvalue weighted by Gasteiger charge is 2.44. The Balaban J connectivity index is 1.44. The molecule has 0 saturated carbocycles. The van der Waals surface area contributed by atoms with Crippen LogP contribution in [0.15, 0.2) is 23.4 Å². The third-order valence-electron chi connectivity index (χ3n) is 7.87. The van der Waals surface area contributed by atoms with Gasteiger partial charge in [0.05, 0.1) is 24.2 Å². The van der Waals surface area contributed by atoms with Crippen LogP contribution in [0.2, 0.25) is 5.02 Å². The first-order valence-corrected chi connectivity index (χ1v) is 14.6. The van der Waals surface area contributed by atoms with Crippen molar-refractivity contribution < 1.29 is 9.53 Å².